The van der Waals surface area contributed by atoms with Gasteiger partial charge in [0.2, 0.25) is 0 Å². The molecule has 4 fully saturated rings. The highest BCUT2D eigenvalue weighted by atomic mass is 16.4. The Bertz CT molecular complexity index is 2090. The van der Waals surface area contributed by atoms with E-state index in [1.165, 1.54) is 0 Å². The molecule has 4 aliphatic rings. The summed E-state index contributed by atoms with van der Waals surface area (Å²) in [6, 6.07) is 14.3. The minimum Gasteiger partial charge on any atom is -0.480 e. The molecular weight excluding hydrogens is 733 g/mol. The van der Waals surface area contributed by atoms with Gasteiger partial charge in [-0.25, -0.2) is 0 Å². The number of piperidine rings is 2. The summed E-state index contributed by atoms with van der Waals surface area (Å²) in [5, 5.41) is 25.8. The van der Waals surface area contributed by atoms with Gasteiger partial charge < -0.3 is 20.8 Å². The van der Waals surface area contributed by atoms with Crippen molar-refractivity contribution in [2.45, 2.75) is 115 Å². The zero-order valence-corrected chi connectivity index (χ0v) is 33.3. The Morgan fingerprint density at radius 2 is 1.03 bits per heavy atom. The molecule has 0 spiro atoms. The van der Waals surface area contributed by atoms with Crippen LogP contribution in [0.5, 0.6) is 0 Å². The van der Waals surface area contributed by atoms with E-state index in [2.05, 4.69) is 20.6 Å². The van der Waals surface area contributed by atoms with E-state index >= 15 is 0 Å². The minimum absolute atomic E-state index is 0.311. The summed E-state index contributed by atoms with van der Waals surface area (Å²) >= 11 is 0. The topological polar surface area (TPSA) is 165 Å². The smallest absolute Gasteiger partial charge is 0.320 e. The third-order valence-electron chi connectivity index (χ3n) is 12.5. The van der Waals surface area contributed by atoms with Crippen molar-refractivity contribution in [3.05, 3.63) is 106 Å². The van der Waals surface area contributed by atoms with Gasteiger partial charge in [-0.2, -0.15) is 0 Å². The molecule has 0 bridgehead atoms. The fourth-order valence-corrected chi connectivity index (χ4v) is 8.92. The Hall–Kier alpha value is -5.46. The lowest BCUT2D eigenvalue weighted by Gasteiger charge is -2.33. The number of carboxylic acids is 2. The van der Waals surface area contributed by atoms with E-state index in [0.29, 0.717) is 60.5 Å². The van der Waals surface area contributed by atoms with Crippen molar-refractivity contribution in [3.8, 4) is 11.1 Å². The van der Waals surface area contributed by atoms with Gasteiger partial charge in [0.05, 0.1) is 0 Å². The number of aromatic nitrogens is 2. The molecule has 4 N–H and O–H groups in total. The molecule has 12 heteroatoms. The van der Waals surface area contributed by atoms with Gasteiger partial charge in [-0.15, -0.1) is 0 Å². The van der Waals surface area contributed by atoms with E-state index < -0.39 is 24.0 Å². The molecule has 4 aromatic rings. The van der Waals surface area contributed by atoms with Gasteiger partial charge in [-0.1, -0.05) is 37.1 Å². The van der Waals surface area contributed by atoms with Crippen molar-refractivity contribution in [2.24, 2.45) is 0 Å². The van der Waals surface area contributed by atoms with Crippen LogP contribution in [0.25, 0.3) is 11.1 Å². The lowest BCUT2D eigenvalue weighted by Crippen LogP contribution is -2.44. The lowest BCUT2D eigenvalue weighted by molar-refractivity contribution is -0.145. The molecule has 12 nitrogen and oxygen atoms in total. The van der Waals surface area contributed by atoms with Crippen LogP contribution in [0, 0.1) is 13.8 Å². The molecule has 2 amide bonds. The number of pyridine rings is 2. The van der Waals surface area contributed by atoms with Crippen LogP contribution in [0.1, 0.15) is 130 Å². The summed E-state index contributed by atoms with van der Waals surface area (Å²) in [5.41, 5.74) is 9.69. The Morgan fingerprint density at radius 1 is 0.621 bits per heavy atom. The second-order valence-electron chi connectivity index (χ2n) is 16.6. The first-order valence-corrected chi connectivity index (χ1v) is 20.8. The number of carbonyl (C=O) groups is 4. The lowest BCUT2D eigenvalue weighted by atomic mass is 9.94. The molecule has 0 unspecified atom stereocenters. The van der Waals surface area contributed by atoms with E-state index in [4.69, 9.17) is 0 Å². The number of nitrogens with zero attached hydrogens (tertiary/aromatic N) is 4. The number of carbonyl (C=O) groups excluding carboxylic acids is 2. The van der Waals surface area contributed by atoms with E-state index in [0.717, 1.165) is 109 Å². The van der Waals surface area contributed by atoms with Gasteiger partial charge in [0, 0.05) is 36.9 Å². The van der Waals surface area contributed by atoms with Crippen LogP contribution < -0.4 is 10.6 Å². The van der Waals surface area contributed by atoms with E-state index in [9.17, 15) is 29.4 Å². The summed E-state index contributed by atoms with van der Waals surface area (Å²) in [6.45, 7) is 6.42. The molecule has 2 aliphatic heterocycles. The quantitative estimate of drug-likeness (QED) is 0.105. The van der Waals surface area contributed by atoms with Crippen molar-refractivity contribution in [3.63, 3.8) is 0 Å². The SMILES string of the molecule is Cc1c(NC(=O)c2cc(C3CC3)c(CN3CCCC[C@H]3C(=O)O)cn2)cccc1-c1cccc(NC(=O)c2cc(C3CC3)c(CN3CCCC[C@H]3C(=O)O)cn2)c1C. The first-order valence-electron chi connectivity index (χ1n) is 20.8. The van der Waals surface area contributed by atoms with E-state index in [1.54, 1.807) is 12.4 Å². The van der Waals surface area contributed by atoms with Crippen LogP contribution in [0.4, 0.5) is 11.4 Å². The molecule has 2 saturated carbocycles. The van der Waals surface area contributed by atoms with Crippen LogP contribution >= 0.6 is 0 Å². The van der Waals surface area contributed by atoms with Crippen molar-refractivity contribution in [1.82, 2.24) is 19.8 Å². The molecular formula is C46H52N6O6. The van der Waals surface area contributed by atoms with Gasteiger partial charge >= 0.3 is 11.9 Å². The molecule has 2 atom stereocenters. The van der Waals surface area contributed by atoms with Crippen molar-refractivity contribution in [2.75, 3.05) is 23.7 Å². The second-order valence-corrected chi connectivity index (χ2v) is 16.6. The first kappa shape index (κ1) is 39.4. The minimum atomic E-state index is -0.787. The van der Waals surface area contributed by atoms with Crippen molar-refractivity contribution >= 4 is 35.1 Å². The van der Waals surface area contributed by atoms with E-state index in [-0.39, 0.29) is 11.8 Å². The number of nitrogens with one attached hydrogen (secondary N) is 2. The fraction of sp³-hybridized carbons (Fsp3) is 0.435. The molecule has 2 aromatic carbocycles. The molecule has 2 saturated heterocycles. The highest BCUT2D eigenvalue weighted by molar-refractivity contribution is 6.05. The average Bonchev–Trinajstić information content (AvgIpc) is 4.16. The molecule has 4 heterocycles. The predicted octanol–water partition coefficient (Wildman–Crippen LogP) is 7.90. The maximum atomic E-state index is 13.7. The van der Waals surface area contributed by atoms with Gasteiger partial charge in [0.25, 0.3) is 11.8 Å². The number of amides is 2. The van der Waals surface area contributed by atoms with Gasteiger partial charge in [-0.05, 0) is 159 Å². The number of carboxylic acid groups (broad SMARTS) is 2. The van der Waals surface area contributed by atoms with Crippen molar-refractivity contribution < 1.29 is 29.4 Å². The van der Waals surface area contributed by atoms with E-state index in [1.807, 2.05) is 72.2 Å². The summed E-state index contributed by atoms with van der Waals surface area (Å²) in [7, 11) is 0. The zero-order chi connectivity index (χ0) is 40.5. The fourth-order valence-electron chi connectivity index (χ4n) is 8.92. The molecule has 58 heavy (non-hydrogen) atoms. The van der Waals surface area contributed by atoms with Gasteiger partial charge in [0.15, 0.2) is 0 Å². The van der Waals surface area contributed by atoms with Crippen LogP contribution in [-0.4, -0.2) is 78.9 Å². The second kappa shape index (κ2) is 16.8. The third-order valence-corrected chi connectivity index (χ3v) is 12.5. The number of anilines is 2. The molecule has 302 valence electrons. The predicted molar refractivity (Wildman–Crippen MR) is 221 cm³/mol. The monoisotopic (exact) mass is 784 g/mol. The first-order chi connectivity index (χ1) is 28.0. The molecule has 2 aromatic heterocycles. The Kier molecular flexibility index (Phi) is 11.4. The largest absolute Gasteiger partial charge is 0.480 e. The molecule has 2 aliphatic carbocycles. The molecule has 0 radical (unpaired) electrons. The number of likely N-dealkylation sites (tertiary alicyclic amines) is 2. The van der Waals surface area contributed by atoms with Crippen LogP contribution in [0.2, 0.25) is 0 Å². The zero-order valence-electron chi connectivity index (χ0n) is 33.3. The van der Waals surface area contributed by atoms with Crippen LogP contribution in [0.3, 0.4) is 0 Å². The number of aliphatic carboxylic acids is 2. The Morgan fingerprint density at radius 3 is 1.41 bits per heavy atom. The van der Waals surface area contributed by atoms with Crippen molar-refractivity contribution in [1.29, 1.82) is 0 Å². The number of benzene rings is 2. The maximum Gasteiger partial charge on any atom is 0.320 e. The summed E-state index contributed by atoms with van der Waals surface area (Å²) in [6.07, 6.45) is 12.7. The normalized spacial score (nSPS) is 20.0. The number of rotatable bonds is 13. The maximum absolute atomic E-state index is 13.7. The number of hydrogen-bond donors (Lipinski definition) is 4. The Balaban J connectivity index is 0.976. The van der Waals surface area contributed by atoms with Gasteiger partial charge in [-0.3, -0.25) is 38.9 Å². The summed E-state index contributed by atoms with van der Waals surface area (Å²) in [5.74, 6) is -1.49. The highest BCUT2D eigenvalue weighted by Gasteiger charge is 2.34. The third kappa shape index (κ3) is 8.54. The standard InChI is InChI=1S/C46H52N6O6/c1-27-33(9-7-11-37(27)49-43(53)39-21-35(29-15-16-29)31(23-47-39)25-51-19-5-3-13-41(51)45(55)56)34-10-8-12-38(28(34)2)50-44(54)40-22-36(30-17-18-30)32(24-48-40)26-52-20-6-4-14-42(52)46(57)58/h7-12,21-24,29-30,41-42H,3-6,13-20,25-26H2,1-2H3,(H,49,53)(H,50,54)(H,55,56)(H,57,58)/t41-,42-/m0/s1. The van der Waals surface area contributed by atoms with Crippen LogP contribution in [0.15, 0.2) is 60.9 Å². The average molecular weight is 785 g/mol. The number of hydrogen-bond acceptors (Lipinski definition) is 8. The molecule has 8 rings (SSSR count). The Labute approximate surface area is 339 Å². The highest BCUT2D eigenvalue weighted by Crippen LogP contribution is 2.44. The van der Waals surface area contributed by atoms with Gasteiger partial charge in [0.1, 0.15) is 23.5 Å². The summed E-state index contributed by atoms with van der Waals surface area (Å²) < 4.78 is 0. The van der Waals surface area contributed by atoms with Crippen LogP contribution in [-0.2, 0) is 22.7 Å². The summed E-state index contributed by atoms with van der Waals surface area (Å²) in [4.78, 5) is 64.5.